The van der Waals surface area contributed by atoms with E-state index >= 15 is 0 Å². The van der Waals surface area contributed by atoms with Crippen molar-refractivity contribution in [3.63, 3.8) is 0 Å². The first-order valence-electron chi connectivity index (χ1n) is 5.88. The first-order valence-corrected chi connectivity index (χ1v) is 5.88. The van der Waals surface area contributed by atoms with E-state index in [2.05, 4.69) is 10.1 Å². The van der Waals surface area contributed by atoms with Crippen molar-refractivity contribution < 1.29 is 23.8 Å². The van der Waals surface area contributed by atoms with E-state index in [4.69, 9.17) is 14.7 Å². The van der Waals surface area contributed by atoms with Crippen molar-refractivity contribution >= 4 is 11.9 Å². The molecule has 0 rings (SSSR count). The number of rotatable bonds is 9. The molecule has 2 atom stereocenters. The van der Waals surface area contributed by atoms with Crippen LogP contribution in [0.4, 0.5) is 0 Å². The van der Waals surface area contributed by atoms with Crippen molar-refractivity contribution in [3.05, 3.63) is 0 Å². The Morgan fingerprint density at radius 3 is 2.53 bits per heavy atom. The third kappa shape index (κ3) is 8.13. The Morgan fingerprint density at radius 2 is 2.00 bits per heavy atom. The van der Waals surface area contributed by atoms with Gasteiger partial charge in [0.25, 0.3) is 0 Å². The molecule has 7 nitrogen and oxygen atoms in total. The van der Waals surface area contributed by atoms with Crippen LogP contribution in [0.15, 0.2) is 0 Å². The summed E-state index contributed by atoms with van der Waals surface area (Å²) >= 11 is 0. The summed E-state index contributed by atoms with van der Waals surface area (Å²) in [5.74, 6) is -1.37. The van der Waals surface area contributed by atoms with E-state index in [9.17, 15) is 9.59 Å². The second-order valence-electron chi connectivity index (χ2n) is 3.95. The van der Waals surface area contributed by atoms with Gasteiger partial charge >= 0.3 is 5.97 Å². The fourth-order valence-electron chi connectivity index (χ4n) is 1.31. The molecule has 7 heteroatoms. The summed E-state index contributed by atoms with van der Waals surface area (Å²) in [4.78, 5) is 23.0. The Balaban J connectivity index is 4.20. The standard InChI is InChI=1S/C12H20N2O5/c1-9(7-13)6-10(12(16)18-3)14-11(15)8-19-5-4-17-2/h9-10H,4-6,8H2,1-3H3,(H,14,15)/t9-,10+/m0/s1. The molecule has 1 N–H and O–H groups in total. The summed E-state index contributed by atoms with van der Waals surface area (Å²) in [5, 5.41) is 11.2. The van der Waals surface area contributed by atoms with Crippen molar-refractivity contribution in [3.8, 4) is 6.07 Å². The zero-order valence-corrected chi connectivity index (χ0v) is 11.5. The monoisotopic (exact) mass is 272 g/mol. The van der Waals surface area contributed by atoms with E-state index in [1.165, 1.54) is 14.2 Å². The quantitative estimate of drug-likeness (QED) is 0.463. The normalized spacial score (nSPS) is 13.2. The van der Waals surface area contributed by atoms with Crippen molar-refractivity contribution in [2.24, 2.45) is 5.92 Å². The molecular formula is C12H20N2O5. The highest BCUT2D eigenvalue weighted by atomic mass is 16.5. The van der Waals surface area contributed by atoms with Crippen LogP contribution in [-0.2, 0) is 23.8 Å². The van der Waals surface area contributed by atoms with Crippen molar-refractivity contribution in [2.75, 3.05) is 34.0 Å². The molecule has 0 radical (unpaired) electrons. The molecule has 0 unspecified atom stereocenters. The molecule has 1 amide bonds. The van der Waals surface area contributed by atoms with E-state index in [1.54, 1.807) is 6.92 Å². The lowest BCUT2D eigenvalue weighted by molar-refractivity contribution is -0.146. The van der Waals surface area contributed by atoms with Gasteiger partial charge in [0.2, 0.25) is 5.91 Å². The van der Waals surface area contributed by atoms with Gasteiger partial charge in [0.05, 0.1) is 26.4 Å². The van der Waals surface area contributed by atoms with Crippen LogP contribution in [0.5, 0.6) is 0 Å². The minimum absolute atomic E-state index is 0.169. The molecule has 0 aliphatic rings. The molecule has 0 fully saturated rings. The van der Waals surface area contributed by atoms with Crippen molar-refractivity contribution in [1.82, 2.24) is 5.32 Å². The van der Waals surface area contributed by atoms with Gasteiger partial charge < -0.3 is 19.5 Å². The fraction of sp³-hybridized carbons (Fsp3) is 0.750. The van der Waals surface area contributed by atoms with E-state index < -0.39 is 17.9 Å². The Labute approximate surface area is 112 Å². The zero-order chi connectivity index (χ0) is 14.7. The SMILES string of the molecule is COCCOCC(=O)N[C@H](C[C@H](C)C#N)C(=O)OC. The van der Waals surface area contributed by atoms with Crippen LogP contribution in [0.25, 0.3) is 0 Å². The number of nitrogens with one attached hydrogen (secondary N) is 1. The van der Waals surface area contributed by atoms with Gasteiger partial charge in [-0.1, -0.05) is 0 Å². The van der Waals surface area contributed by atoms with Crippen LogP contribution in [-0.4, -0.2) is 52.0 Å². The minimum atomic E-state index is -0.835. The van der Waals surface area contributed by atoms with Gasteiger partial charge in [0.15, 0.2) is 0 Å². The Morgan fingerprint density at radius 1 is 1.32 bits per heavy atom. The number of nitrogens with zero attached hydrogens (tertiary/aromatic N) is 1. The van der Waals surface area contributed by atoms with Crippen LogP contribution in [0, 0.1) is 17.2 Å². The fourth-order valence-corrected chi connectivity index (χ4v) is 1.31. The van der Waals surface area contributed by atoms with Crippen LogP contribution < -0.4 is 5.32 Å². The van der Waals surface area contributed by atoms with E-state index in [-0.39, 0.29) is 18.9 Å². The molecule has 0 heterocycles. The van der Waals surface area contributed by atoms with Gasteiger partial charge in [-0.15, -0.1) is 0 Å². The summed E-state index contributed by atoms with van der Waals surface area (Å²) in [6.07, 6.45) is 0.201. The number of nitriles is 1. The highest BCUT2D eigenvalue weighted by Crippen LogP contribution is 2.06. The summed E-state index contributed by atoms with van der Waals surface area (Å²) in [5.41, 5.74) is 0. The highest BCUT2D eigenvalue weighted by Gasteiger charge is 2.23. The third-order valence-electron chi connectivity index (χ3n) is 2.30. The molecule has 0 spiro atoms. The Kier molecular flexibility index (Phi) is 9.40. The Hall–Kier alpha value is -1.65. The molecule has 0 aromatic heterocycles. The molecule has 0 aromatic carbocycles. The first-order chi connectivity index (χ1) is 9.04. The van der Waals surface area contributed by atoms with Crippen LogP contribution >= 0.6 is 0 Å². The Bertz CT molecular complexity index is 327. The summed E-state index contributed by atoms with van der Waals surface area (Å²) in [7, 11) is 2.76. The second kappa shape index (κ2) is 10.3. The van der Waals surface area contributed by atoms with Gasteiger partial charge in [-0.2, -0.15) is 5.26 Å². The zero-order valence-electron chi connectivity index (χ0n) is 11.5. The lowest BCUT2D eigenvalue weighted by Gasteiger charge is -2.17. The number of carbonyl (C=O) groups excluding carboxylic acids is 2. The minimum Gasteiger partial charge on any atom is -0.467 e. The molecule has 0 aliphatic heterocycles. The largest absolute Gasteiger partial charge is 0.467 e. The van der Waals surface area contributed by atoms with Crippen molar-refractivity contribution in [2.45, 2.75) is 19.4 Å². The average Bonchev–Trinajstić information content (AvgIpc) is 2.41. The van der Waals surface area contributed by atoms with E-state index in [0.29, 0.717) is 13.2 Å². The maximum atomic E-state index is 11.5. The molecule has 0 bridgehead atoms. The molecule has 0 aliphatic carbocycles. The number of ether oxygens (including phenoxy) is 3. The predicted octanol–water partition coefficient (Wildman–Crippen LogP) is -0.143. The maximum absolute atomic E-state index is 11.5. The van der Waals surface area contributed by atoms with Gasteiger partial charge in [0.1, 0.15) is 12.6 Å². The summed E-state index contributed by atoms with van der Waals surface area (Å²) in [6.45, 7) is 2.18. The lowest BCUT2D eigenvalue weighted by atomic mass is 10.0. The smallest absolute Gasteiger partial charge is 0.328 e. The number of hydrogen-bond donors (Lipinski definition) is 1. The molecule has 19 heavy (non-hydrogen) atoms. The highest BCUT2D eigenvalue weighted by molar-refractivity contribution is 5.85. The topological polar surface area (TPSA) is 97.6 Å². The van der Waals surface area contributed by atoms with E-state index in [1.807, 2.05) is 6.07 Å². The third-order valence-corrected chi connectivity index (χ3v) is 2.30. The summed E-state index contributed by atoms with van der Waals surface area (Å²) < 4.78 is 14.4. The van der Waals surface area contributed by atoms with Crippen LogP contribution in [0.1, 0.15) is 13.3 Å². The number of hydrogen-bond acceptors (Lipinski definition) is 6. The lowest BCUT2D eigenvalue weighted by Crippen LogP contribution is -2.44. The second-order valence-corrected chi connectivity index (χ2v) is 3.95. The predicted molar refractivity (Wildman–Crippen MR) is 66.0 cm³/mol. The molecule has 108 valence electrons. The number of amides is 1. The molecular weight excluding hydrogens is 252 g/mol. The maximum Gasteiger partial charge on any atom is 0.328 e. The number of methoxy groups -OCH3 is 2. The van der Waals surface area contributed by atoms with Gasteiger partial charge in [-0.3, -0.25) is 4.79 Å². The van der Waals surface area contributed by atoms with Gasteiger partial charge in [0, 0.05) is 13.0 Å². The van der Waals surface area contributed by atoms with Crippen LogP contribution in [0.3, 0.4) is 0 Å². The molecule has 0 saturated carbocycles. The average molecular weight is 272 g/mol. The van der Waals surface area contributed by atoms with Gasteiger partial charge in [-0.05, 0) is 13.3 Å². The number of carbonyl (C=O) groups is 2. The summed E-state index contributed by atoms with van der Waals surface area (Å²) in [6, 6.07) is 1.17. The molecule has 0 aromatic rings. The van der Waals surface area contributed by atoms with Gasteiger partial charge in [-0.25, -0.2) is 4.79 Å². The first kappa shape index (κ1) is 17.4. The molecule has 0 saturated heterocycles. The number of esters is 1. The van der Waals surface area contributed by atoms with Crippen LogP contribution in [0.2, 0.25) is 0 Å². The van der Waals surface area contributed by atoms with E-state index in [0.717, 1.165) is 0 Å². The van der Waals surface area contributed by atoms with Crippen molar-refractivity contribution in [1.29, 1.82) is 5.26 Å².